The lowest BCUT2D eigenvalue weighted by Crippen LogP contribution is -1.99. The molecule has 56 valence electrons. The van der Waals surface area contributed by atoms with Crippen molar-refractivity contribution in [2.45, 2.75) is 6.42 Å². The van der Waals surface area contributed by atoms with E-state index in [9.17, 15) is 4.79 Å². The van der Waals surface area contributed by atoms with Gasteiger partial charge in [-0.25, -0.2) is 4.79 Å². The predicted octanol–water partition coefficient (Wildman–Crippen LogP) is 1.21. The lowest BCUT2D eigenvalue weighted by Gasteiger charge is -1.94. The maximum atomic E-state index is 10.6. The molecule has 1 N–H and O–H groups in total. The third-order valence-corrected chi connectivity index (χ3v) is 1.83. The van der Waals surface area contributed by atoms with E-state index in [-0.39, 0.29) is 0 Å². The normalized spacial score (nSPS) is 13.5. The van der Waals surface area contributed by atoms with Crippen molar-refractivity contribution in [2.75, 3.05) is 0 Å². The van der Waals surface area contributed by atoms with Crippen LogP contribution in [-0.4, -0.2) is 15.6 Å². The van der Waals surface area contributed by atoms with E-state index in [1.165, 1.54) is 0 Å². The minimum atomic E-state index is -0.845. The third-order valence-electron chi connectivity index (χ3n) is 1.83. The number of aromatic nitrogens is 1. The lowest BCUT2D eigenvalue weighted by atomic mass is 10.2. The molecule has 0 fully saturated rings. The Morgan fingerprint density at radius 2 is 2.45 bits per heavy atom. The highest BCUT2D eigenvalue weighted by molar-refractivity contribution is 5.89. The third kappa shape index (κ3) is 0.774. The van der Waals surface area contributed by atoms with Crippen LogP contribution in [-0.2, 0) is 6.42 Å². The first-order chi connectivity index (χ1) is 5.29. The number of rotatable bonds is 1. The first-order valence-corrected chi connectivity index (χ1v) is 3.38. The van der Waals surface area contributed by atoms with Crippen LogP contribution in [0.25, 0.3) is 6.20 Å². The van der Waals surface area contributed by atoms with Crippen LogP contribution in [0.15, 0.2) is 18.3 Å². The van der Waals surface area contributed by atoms with Gasteiger partial charge in [0.25, 0.3) is 0 Å². The largest absolute Gasteiger partial charge is 0.478 e. The Morgan fingerprint density at radius 1 is 1.64 bits per heavy atom. The van der Waals surface area contributed by atoms with Crippen LogP contribution in [0.5, 0.6) is 0 Å². The topological polar surface area (TPSA) is 42.2 Å². The fourth-order valence-corrected chi connectivity index (χ4v) is 1.31. The Hall–Kier alpha value is -1.51. The maximum Gasteiger partial charge on any atom is 0.337 e. The number of aromatic carboxylic acids is 1. The van der Waals surface area contributed by atoms with Crippen molar-refractivity contribution in [2.24, 2.45) is 0 Å². The fraction of sp³-hybridized carbons (Fsp3) is 0.125. The molecule has 0 bridgehead atoms. The van der Waals surface area contributed by atoms with Gasteiger partial charge in [-0.1, -0.05) is 6.08 Å². The van der Waals surface area contributed by atoms with Crippen LogP contribution in [0.2, 0.25) is 0 Å². The number of fused-ring (bicyclic) bond motifs is 1. The Labute approximate surface area is 63.6 Å². The molecule has 2 rings (SSSR count). The smallest absolute Gasteiger partial charge is 0.337 e. The van der Waals surface area contributed by atoms with Crippen LogP contribution in [0.4, 0.5) is 0 Å². The zero-order valence-corrected chi connectivity index (χ0v) is 5.82. The van der Waals surface area contributed by atoms with E-state index in [1.807, 2.05) is 16.8 Å². The predicted molar refractivity (Wildman–Crippen MR) is 40.4 cm³/mol. The first kappa shape index (κ1) is 6.22. The Morgan fingerprint density at radius 3 is 3.18 bits per heavy atom. The molecule has 0 saturated carbocycles. The fourth-order valence-electron chi connectivity index (χ4n) is 1.31. The summed E-state index contributed by atoms with van der Waals surface area (Å²) in [4.78, 5) is 10.6. The van der Waals surface area contributed by atoms with Crippen LogP contribution < -0.4 is 0 Å². The summed E-state index contributed by atoms with van der Waals surface area (Å²) in [5, 5.41) is 8.70. The summed E-state index contributed by atoms with van der Waals surface area (Å²) in [6.07, 6.45) is 6.32. The van der Waals surface area contributed by atoms with E-state index < -0.39 is 5.97 Å². The van der Waals surface area contributed by atoms with E-state index in [4.69, 9.17) is 5.11 Å². The minimum absolute atomic E-state index is 0.412. The van der Waals surface area contributed by atoms with Gasteiger partial charge in [0.05, 0.1) is 5.56 Å². The van der Waals surface area contributed by atoms with Crippen LogP contribution in [0, 0.1) is 0 Å². The summed E-state index contributed by atoms with van der Waals surface area (Å²) >= 11 is 0. The molecule has 0 radical (unpaired) electrons. The highest BCUT2D eigenvalue weighted by Crippen LogP contribution is 2.17. The molecule has 0 unspecified atom stereocenters. The van der Waals surface area contributed by atoms with Gasteiger partial charge < -0.3 is 9.67 Å². The molecule has 0 saturated heterocycles. The number of nitrogens with zero attached hydrogens (tertiary/aromatic N) is 1. The van der Waals surface area contributed by atoms with Crippen molar-refractivity contribution in [1.82, 2.24) is 4.57 Å². The van der Waals surface area contributed by atoms with Crippen molar-refractivity contribution in [3.63, 3.8) is 0 Å². The molecule has 0 amide bonds. The summed E-state index contributed by atoms with van der Waals surface area (Å²) in [6.45, 7) is 0. The van der Waals surface area contributed by atoms with Gasteiger partial charge in [-0.15, -0.1) is 0 Å². The molecule has 0 atom stereocenters. The number of hydrogen-bond acceptors (Lipinski definition) is 1. The second-order valence-corrected chi connectivity index (χ2v) is 2.48. The summed E-state index contributed by atoms with van der Waals surface area (Å²) in [5.74, 6) is -0.845. The summed E-state index contributed by atoms with van der Waals surface area (Å²) < 4.78 is 1.84. The van der Waals surface area contributed by atoms with Gasteiger partial charge >= 0.3 is 5.97 Å². The van der Waals surface area contributed by atoms with Crippen molar-refractivity contribution in [3.05, 3.63) is 29.6 Å². The molecule has 2 heterocycles. The molecule has 1 aliphatic rings. The molecular weight excluding hydrogens is 142 g/mol. The molecule has 0 aromatic carbocycles. The van der Waals surface area contributed by atoms with Gasteiger partial charge in [0.1, 0.15) is 0 Å². The highest BCUT2D eigenvalue weighted by Gasteiger charge is 2.14. The van der Waals surface area contributed by atoms with Gasteiger partial charge in [-0.3, -0.25) is 0 Å². The van der Waals surface area contributed by atoms with E-state index >= 15 is 0 Å². The molecule has 0 aliphatic carbocycles. The zero-order valence-electron chi connectivity index (χ0n) is 5.82. The average molecular weight is 149 g/mol. The number of carboxylic acid groups (broad SMARTS) is 1. The van der Waals surface area contributed by atoms with Gasteiger partial charge in [-0.2, -0.15) is 0 Å². The summed E-state index contributed by atoms with van der Waals surface area (Å²) in [5.41, 5.74) is 1.28. The first-order valence-electron chi connectivity index (χ1n) is 3.38. The Kier molecular flexibility index (Phi) is 1.12. The minimum Gasteiger partial charge on any atom is -0.478 e. The summed E-state index contributed by atoms with van der Waals surface area (Å²) in [7, 11) is 0. The van der Waals surface area contributed by atoms with E-state index in [2.05, 4.69) is 0 Å². The SMILES string of the molecule is O=C(O)c1ccn2c1CC=C2. The number of allylic oxidation sites excluding steroid dienone is 1. The van der Waals surface area contributed by atoms with Crippen LogP contribution in [0.3, 0.4) is 0 Å². The zero-order chi connectivity index (χ0) is 7.84. The molecule has 3 nitrogen and oxygen atoms in total. The van der Waals surface area contributed by atoms with Crippen molar-refractivity contribution in [3.8, 4) is 0 Å². The van der Waals surface area contributed by atoms with Crippen LogP contribution in [0.1, 0.15) is 16.1 Å². The van der Waals surface area contributed by atoms with E-state index in [0.717, 1.165) is 12.1 Å². The molecule has 1 aromatic heterocycles. The second-order valence-electron chi connectivity index (χ2n) is 2.48. The van der Waals surface area contributed by atoms with Gasteiger partial charge in [-0.05, 0) is 6.07 Å². The van der Waals surface area contributed by atoms with E-state index in [0.29, 0.717) is 5.56 Å². The highest BCUT2D eigenvalue weighted by atomic mass is 16.4. The van der Waals surface area contributed by atoms with Gasteiger partial charge in [0.15, 0.2) is 0 Å². The Balaban J connectivity index is 2.55. The number of carboxylic acids is 1. The molecule has 3 heteroatoms. The van der Waals surface area contributed by atoms with Crippen molar-refractivity contribution in [1.29, 1.82) is 0 Å². The molecule has 1 aliphatic heterocycles. The number of carbonyl (C=O) groups is 1. The molecule has 1 aromatic rings. The van der Waals surface area contributed by atoms with E-state index in [1.54, 1.807) is 12.3 Å². The van der Waals surface area contributed by atoms with Crippen LogP contribution >= 0.6 is 0 Å². The van der Waals surface area contributed by atoms with Crippen molar-refractivity contribution >= 4 is 12.2 Å². The van der Waals surface area contributed by atoms with Gasteiger partial charge in [0.2, 0.25) is 0 Å². The van der Waals surface area contributed by atoms with Gasteiger partial charge in [0, 0.05) is 24.5 Å². The lowest BCUT2D eigenvalue weighted by molar-refractivity contribution is 0.0696. The maximum absolute atomic E-state index is 10.6. The second kappa shape index (κ2) is 1.99. The quantitative estimate of drug-likeness (QED) is 0.652. The van der Waals surface area contributed by atoms with Crippen molar-refractivity contribution < 1.29 is 9.90 Å². The molecule has 11 heavy (non-hydrogen) atoms. The summed E-state index contributed by atoms with van der Waals surface area (Å²) in [6, 6.07) is 1.63. The Bertz CT molecular complexity index is 336. The molecule has 0 spiro atoms. The average Bonchev–Trinajstić information content (AvgIpc) is 2.41. The monoisotopic (exact) mass is 149 g/mol. The number of hydrogen-bond donors (Lipinski definition) is 1. The standard InChI is InChI=1S/C8H7NO2/c10-8(11)6-3-5-9-4-1-2-7(6)9/h1,3-5H,2H2,(H,10,11). The molecular formula is C8H7NO2.